The largest absolute Gasteiger partial charge is 0.489 e. The molecule has 9 heteroatoms. The van der Waals surface area contributed by atoms with Crippen molar-refractivity contribution in [3.63, 3.8) is 0 Å². The van der Waals surface area contributed by atoms with Gasteiger partial charge in [0, 0.05) is 23.2 Å². The summed E-state index contributed by atoms with van der Waals surface area (Å²) in [6.07, 6.45) is 3.40. The second-order valence-electron chi connectivity index (χ2n) is 6.67. The molecule has 1 aromatic heterocycles. The Morgan fingerprint density at radius 3 is 2.29 bits per heavy atom. The number of pyridine rings is 1. The Morgan fingerprint density at radius 2 is 1.61 bits per heavy atom. The van der Waals surface area contributed by atoms with E-state index in [0.717, 1.165) is 5.56 Å². The van der Waals surface area contributed by atoms with E-state index in [0.29, 0.717) is 28.8 Å². The van der Waals surface area contributed by atoms with Crippen LogP contribution >= 0.6 is 0 Å². The molecule has 156 valence electrons. The fourth-order valence-electron chi connectivity index (χ4n) is 3.01. The van der Waals surface area contributed by atoms with Crippen molar-refractivity contribution < 1.29 is 17.7 Å². The van der Waals surface area contributed by atoms with E-state index in [1.807, 2.05) is 12.1 Å². The first-order valence-corrected chi connectivity index (χ1v) is 10.7. The summed E-state index contributed by atoms with van der Waals surface area (Å²) in [6.45, 7) is 0.412. The number of aromatic nitrogens is 1. The molecule has 0 saturated carbocycles. The van der Waals surface area contributed by atoms with E-state index >= 15 is 0 Å². The van der Waals surface area contributed by atoms with Crippen molar-refractivity contribution in [3.8, 4) is 5.75 Å². The molecule has 0 saturated heterocycles. The van der Waals surface area contributed by atoms with E-state index in [-0.39, 0.29) is 16.3 Å². The summed E-state index contributed by atoms with van der Waals surface area (Å²) in [4.78, 5) is 3.69. The number of hydrogen-bond donors (Lipinski definition) is 2. The first-order valence-electron chi connectivity index (χ1n) is 9.24. The number of benzene rings is 3. The fraction of sp³-hybridized carbons (Fsp3) is 0.0455. The van der Waals surface area contributed by atoms with Crippen molar-refractivity contribution in [2.75, 3.05) is 5.73 Å². The first-order chi connectivity index (χ1) is 14.9. The summed E-state index contributed by atoms with van der Waals surface area (Å²) in [5.74, 6) is 0.662. The second-order valence-corrected chi connectivity index (χ2v) is 8.06. The molecule has 0 fully saturated rings. The lowest BCUT2D eigenvalue weighted by Crippen LogP contribution is -2.01. The van der Waals surface area contributed by atoms with Crippen molar-refractivity contribution in [3.05, 3.63) is 84.7 Å². The topological polar surface area (TPSA) is 127 Å². The highest BCUT2D eigenvalue weighted by Gasteiger charge is 2.18. The Morgan fingerprint density at radius 1 is 0.935 bits per heavy atom. The molecule has 1 heterocycles. The van der Waals surface area contributed by atoms with Crippen LogP contribution in [-0.2, 0) is 16.7 Å². The Kier molecular flexibility index (Phi) is 5.61. The van der Waals surface area contributed by atoms with Gasteiger partial charge >= 0.3 is 0 Å². The highest BCUT2D eigenvalue weighted by Crippen LogP contribution is 2.36. The lowest BCUT2D eigenvalue weighted by atomic mass is 10.1. The van der Waals surface area contributed by atoms with Gasteiger partial charge in [0.05, 0.1) is 11.4 Å². The molecular formula is C22H18N4O4S. The SMILES string of the molecule is Nc1c(/N=N/c2ccc(OCc3ccncc3)cc2)cc(S(=O)(=O)O)c2ccccc12. The van der Waals surface area contributed by atoms with Crippen LogP contribution in [0.2, 0.25) is 0 Å². The third kappa shape index (κ3) is 4.68. The maximum absolute atomic E-state index is 11.8. The zero-order valence-corrected chi connectivity index (χ0v) is 17.0. The average molecular weight is 434 g/mol. The van der Waals surface area contributed by atoms with Crippen molar-refractivity contribution in [2.45, 2.75) is 11.5 Å². The smallest absolute Gasteiger partial charge is 0.295 e. The zero-order chi connectivity index (χ0) is 21.8. The van der Waals surface area contributed by atoms with Gasteiger partial charge in [-0.15, -0.1) is 5.11 Å². The molecule has 0 unspecified atom stereocenters. The van der Waals surface area contributed by atoms with Gasteiger partial charge in [0.1, 0.15) is 22.9 Å². The molecule has 0 aliphatic heterocycles. The Bertz CT molecular complexity index is 1360. The van der Waals surface area contributed by atoms with Gasteiger partial charge in [-0.2, -0.15) is 13.5 Å². The molecule has 3 aromatic carbocycles. The fourth-order valence-corrected chi connectivity index (χ4v) is 3.73. The van der Waals surface area contributed by atoms with Crippen LogP contribution in [-0.4, -0.2) is 18.0 Å². The molecule has 0 aliphatic rings. The number of anilines is 1. The Hall–Kier alpha value is -3.82. The zero-order valence-electron chi connectivity index (χ0n) is 16.2. The maximum Gasteiger partial charge on any atom is 0.295 e. The molecule has 8 nitrogen and oxygen atoms in total. The standard InChI is InChI=1S/C22H18N4O4S/c23-22-19-4-2-1-3-18(19)21(31(27,28)29)13-20(22)26-25-16-5-7-17(8-6-16)30-14-15-9-11-24-12-10-15/h1-13H,14,23H2,(H,27,28,29)/b26-25+. The van der Waals surface area contributed by atoms with Gasteiger partial charge in [0.25, 0.3) is 10.1 Å². The molecule has 0 amide bonds. The van der Waals surface area contributed by atoms with Crippen molar-refractivity contribution >= 4 is 38.0 Å². The third-order valence-electron chi connectivity index (χ3n) is 4.57. The van der Waals surface area contributed by atoms with Gasteiger partial charge in [-0.25, -0.2) is 0 Å². The molecule has 0 spiro atoms. The highest BCUT2D eigenvalue weighted by molar-refractivity contribution is 7.86. The van der Waals surface area contributed by atoms with E-state index in [1.165, 1.54) is 6.07 Å². The Labute approximate surface area is 178 Å². The first kappa shape index (κ1) is 20.5. The summed E-state index contributed by atoms with van der Waals surface area (Å²) in [6, 6.07) is 18.5. The molecular weight excluding hydrogens is 416 g/mol. The van der Waals surface area contributed by atoms with Crippen LogP contribution in [0.15, 0.2) is 94.2 Å². The van der Waals surface area contributed by atoms with Crippen LogP contribution in [0.3, 0.4) is 0 Å². The van der Waals surface area contributed by atoms with Gasteiger partial charge in [-0.1, -0.05) is 24.3 Å². The monoisotopic (exact) mass is 434 g/mol. The number of fused-ring (bicyclic) bond motifs is 1. The lowest BCUT2D eigenvalue weighted by molar-refractivity contribution is 0.306. The summed E-state index contributed by atoms with van der Waals surface area (Å²) in [5, 5.41) is 9.01. The number of nitrogens with zero attached hydrogens (tertiary/aromatic N) is 3. The van der Waals surface area contributed by atoms with Crippen LogP contribution in [0.4, 0.5) is 17.1 Å². The van der Waals surface area contributed by atoms with Crippen molar-refractivity contribution in [1.82, 2.24) is 4.98 Å². The predicted molar refractivity (Wildman–Crippen MR) is 117 cm³/mol. The normalized spacial score (nSPS) is 11.8. The van der Waals surface area contributed by atoms with Gasteiger partial charge < -0.3 is 10.5 Å². The number of rotatable bonds is 6. The molecule has 0 aliphatic carbocycles. The number of hydrogen-bond acceptors (Lipinski definition) is 7. The summed E-state index contributed by atoms with van der Waals surface area (Å²) < 4.78 is 38.9. The van der Waals surface area contributed by atoms with Gasteiger partial charge in [-0.3, -0.25) is 9.54 Å². The van der Waals surface area contributed by atoms with Gasteiger partial charge in [-0.05, 0) is 48.0 Å². The van der Waals surface area contributed by atoms with E-state index in [2.05, 4.69) is 15.2 Å². The molecule has 0 radical (unpaired) electrons. The molecule has 0 bridgehead atoms. The third-order valence-corrected chi connectivity index (χ3v) is 5.46. The van der Waals surface area contributed by atoms with Crippen LogP contribution < -0.4 is 10.5 Å². The van der Waals surface area contributed by atoms with Crippen LogP contribution in [0.5, 0.6) is 5.75 Å². The van der Waals surface area contributed by atoms with E-state index < -0.39 is 10.1 Å². The Balaban J connectivity index is 1.58. The highest BCUT2D eigenvalue weighted by atomic mass is 32.2. The van der Waals surface area contributed by atoms with Crippen LogP contribution in [0, 0.1) is 0 Å². The van der Waals surface area contributed by atoms with Gasteiger partial charge in [0.2, 0.25) is 0 Å². The number of ether oxygens (including phenoxy) is 1. The minimum Gasteiger partial charge on any atom is -0.489 e. The number of nitrogens with two attached hydrogens (primary N) is 1. The number of nitrogen functional groups attached to an aromatic ring is 1. The number of azo groups is 1. The predicted octanol–water partition coefficient (Wildman–Crippen LogP) is 5.06. The summed E-state index contributed by atoms with van der Waals surface area (Å²) >= 11 is 0. The minimum absolute atomic E-state index is 0.143. The van der Waals surface area contributed by atoms with Crippen molar-refractivity contribution in [2.24, 2.45) is 10.2 Å². The summed E-state index contributed by atoms with van der Waals surface area (Å²) in [7, 11) is -4.46. The quantitative estimate of drug-likeness (QED) is 0.248. The molecule has 4 aromatic rings. The molecule has 31 heavy (non-hydrogen) atoms. The van der Waals surface area contributed by atoms with Crippen molar-refractivity contribution in [1.29, 1.82) is 0 Å². The van der Waals surface area contributed by atoms with E-state index in [9.17, 15) is 13.0 Å². The minimum atomic E-state index is -4.46. The summed E-state index contributed by atoms with van der Waals surface area (Å²) in [5.41, 5.74) is 8.10. The average Bonchev–Trinajstić information content (AvgIpc) is 2.78. The maximum atomic E-state index is 11.8. The molecule has 3 N–H and O–H groups in total. The van der Waals surface area contributed by atoms with Crippen LogP contribution in [0.25, 0.3) is 10.8 Å². The molecule has 0 atom stereocenters. The molecule has 4 rings (SSSR count). The van der Waals surface area contributed by atoms with Gasteiger partial charge in [0.15, 0.2) is 0 Å². The second kappa shape index (κ2) is 8.50. The van der Waals surface area contributed by atoms with E-state index in [4.69, 9.17) is 10.5 Å². The lowest BCUT2D eigenvalue weighted by Gasteiger charge is -2.09. The van der Waals surface area contributed by atoms with E-state index in [1.54, 1.807) is 60.9 Å². The van der Waals surface area contributed by atoms with Crippen LogP contribution in [0.1, 0.15) is 5.56 Å².